The Morgan fingerprint density at radius 2 is 1.11 bits per heavy atom. The first-order valence-corrected chi connectivity index (χ1v) is 9.36. The summed E-state index contributed by atoms with van der Waals surface area (Å²) < 4.78 is 0. The number of hydrogen-bond acceptors (Lipinski definition) is 3. The molecule has 0 bridgehead atoms. The van der Waals surface area contributed by atoms with Crippen molar-refractivity contribution in [3.05, 3.63) is 105 Å². The lowest BCUT2D eigenvalue weighted by atomic mass is 10.1. The van der Waals surface area contributed by atoms with E-state index < -0.39 is 0 Å². The molecule has 134 valence electrons. The molecule has 0 radical (unpaired) electrons. The van der Waals surface area contributed by atoms with E-state index in [0.717, 1.165) is 28.2 Å². The minimum atomic E-state index is 0.672. The van der Waals surface area contributed by atoms with Crippen LogP contribution in [0.5, 0.6) is 0 Å². The van der Waals surface area contributed by atoms with Gasteiger partial charge in [-0.15, -0.1) is 0 Å². The highest BCUT2D eigenvalue weighted by Crippen LogP contribution is 2.25. The van der Waals surface area contributed by atoms with E-state index in [4.69, 9.17) is 39.9 Å². The smallest absolute Gasteiger partial charge is 0.0950 e. The number of hydrazine groups is 1. The predicted molar refractivity (Wildman–Crippen MR) is 114 cm³/mol. The van der Waals surface area contributed by atoms with Gasteiger partial charge < -0.3 is 0 Å². The molecule has 1 aliphatic rings. The Balaban J connectivity index is 1.77. The third-order valence-electron chi connectivity index (χ3n) is 4.08. The summed E-state index contributed by atoms with van der Waals surface area (Å²) >= 11 is 18.1. The van der Waals surface area contributed by atoms with Gasteiger partial charge >= 0.3 is 0 Å². The summed E-state index contributed by atoms with van der Waals surface area (Å²) in [6, 6.07) is 22.7. The summed E-state index contributed by atoms with van der Waals surface area (Å²) in [5, 5.41) is 8.50. The summed E-state index contributed by atoms with van der Waals surface area (Å²) in [5.74, 6) is 0. The highest BCUT2D eigenvalue weighted by Gasteiger charge is 2.17. The summed E-state index contributed by atoms with van der Waals surface area (Å²) in [5.41, 5.74) is 7.88. The molecular formula is C21H14Cl3N3. The van der Waals surface area contributed by atoms with E-state index in [1.165, 1.54) is 0 Å². The molecular weight excluding hydrogens is 401 g/mol. The van der Waals surface area contributed by atoms with E-state index in [0.29, 0.717) is 15.1 Å². The molecule has 0 spiro atoms. The van der Waals surface area contributed by atoms with Crippen molar-refractivity contribution >= 4 is 51.9 Å². The second-order valence-electron chi connectivity index (χ2n) is 5.96. The van der Waals surface area contributed by atoms with Gasteiger partial charge in [0.05, 0.1) is 17.1 Å². The van der Waals surface area contributed by atoms with Crippen molar-refractivity contribution in [2.24, 2.45) is 5.10 Å². The molecule has 0 amide bonds. The van der Waals surface area contributed by atoms with Crippen LogP contribution in [0.1, 0.15) is 11.1 Å². The van der Waals surface area contributed by atoms with Gasteiger partial charge in [-0.2, -0.15) is 10.2 Å². The molecule has 1 heterocycles. The van der Waals surface area contributed by atoms with Crippen molar-refractivity contribution in [2.45, 2.75) is 0 Å². The highest BCUT2D eigenvalue weighted by atomic mass is 35.5. The van der Waals surface area contributed by atoms with Crippen LogP contribution in [0.3, 0.4) is 0 Å². The molecule has 3 aromatic rings. The molecule has 4 rings (SSSR count). The molecule has 0 saturated heterocycles. The normalized spacial score (nSPS) is 13.7. The number of anilines is 1. The van der Waals surface area contributed by atoms with E-state index in [-0.39, 0.29) is 0 Å². The molecule has 0 fully saturated rings. The Kier molecular flexibility index (Phi) is 5.08. The molecule has 27 heavy (non-hydrogen) atoms. The quantitative estimate of drug-likeness (QED) is 0.535. The van der Waals surface area contributed by atoms with Crippen LogP contribution >= 0.6 is 34.8 Å². The van der Waals surface area contributed by atoms with Gasteiger partial charge in [-0.05, 0) is 60.2 Å². The maximum Gasteiger partial charge on any atom is 0.0950 e. The van der Waals surface area contributed by atoms with Crippen LogP contribution in [0, 0.1) is 0 Å². The lowest BCUT2D eigenvalue weighted by Gasteiger charge is -2.28. The topological polar surface area (TPSA) is 27.6 Å². The number of nitrogens with zero attached hydrogens (tertiary/aromatic N) is 2. The standard InChI is InChI=1S/C21H14Cl3N3/c22-16-5-1-14(2-6-16)20-13-21(15-3-7-17(23)8-4-15)26-27(25-20)19-11-9-18(24)10-12-19/h1-13,25H. The van der Waals surface area contributed by atoms with Gasteiger partial charge in [0.15, 0.2) is 0 Å². The van der Waals surface area contributed by atoms with Crippen molar-refractivity contribution in [3.8, 4) is 0 Å². The molecule has 3 nitrogen and oxygen atoms in total. The van der Waals surface area contributed by atoms with E-state index in [9.17, 15) is 0 Å². The maximum atomic E-state index is 6.03. The predicted octanol–water partition coefficient (Wildman–Crippen LogP) is 6.42. The molecule has 0 aliphatic carbocycles. The summed E-state index contributed by atoms with van der Waals surface area (Å²) in [4.78, 5) is 0. The average molecular weight is 415 g/mol. The minimum absolute atomic E-state index is 0.672. The molecule has 3 aromatic carbocycles. The van der Waals surface area contributed by atoms with Gasteiger partial charge in [0.2, 0.25) is 0 Å². The minimum Gasteiger partial charge on any atom is -0.277 e. The Morgan fingerprint density at radius 3 is 1.67 bits per heavy atom. The van der Waals surface area contributed by atoms with E-state index in [1.807, 2.05) is 78.9 Å². The van der Waals surface area contributed by atoms with Crippen LogP contribution < -0.4 is 10.5 Å². The maximum absolute atomic E-state index is 6.03. The molecule has 0 unspecified atom stereocenters. The van der Waals surface area contributed by atoms with Crippen molar-refractivity contribution in [2.75, 3.05) is 5.12 Å². The number of rotatable bonds is 3. The van der Waals surface area contributed by atoms with Gasteiger partial charge in [-0.1, -0.05) is 59.1 Å². The number of nitrogens with one attached hydrogen (secondary N) is 1. The fourth-order valence-electron chi connectivity index (χ4n) is 2.69. The van der Waals surface area contributed by atoms with Crippen LogP contribution in [0.2, 0.25) is 15.1 Å². The van der Waals surface area contributed by atoms with Gasteiger partial charge in [-0.3, -0.25) is 5.43 Å². The first-order valence-electron chi connectivity index (χ1n) is 8.23. The zero-order valence-corrected chi connectivity index (χ0v) is 16.3. The van der Waals surface area contributed by atoms with Crippen LogP contribution in [-0.4, -0.2) is 5.71 Å². The average Bonchev–Trinajstić information content (AvgIpc) is 2.69. The van der Waals surface area contributed by atoms with Crippen molar-refractivity contribution in [1.29, 1.82) is 0 Å². The van der Waals surface area contributed by atoms with Crippen LogP contribution in [0.25, 0.3) is 5.70 Å². The van der Waals surface area contributed by atoms with Gasteiger partial charge in [0, 0.05) is 20.6 Å². The zero-order chi connectivity index (χ0) is 18.8. The monoisotopic (exact) mass is 413 g/mol. The number of halogens is 3. The van der Waals surface area contributed by atoms with Gasteiger partial charge in [-0.25, -0.2) is 0 Å². The van der Waals surface area contributed by atoms with Crippen LogP contribution in [0.15, 0.2) is 84.0 Å². The third kappa shape index (κ3) is 4.11. The summed E-state index contributed by atoms with van der Waals surface area (Å²) in [6.45, 7) is 0. The lowest BCUT2D eigenvalue weighted by molar-refractivity contribution is 0.787. The Labute approximate surface area is 172 Å². The second-order valence-corrected chi connectivity index (χ2v) is 7.27. The first kappa shape index (κ1) is 17.9. The number of allylic oxidation sites excluding steroid dienone is 1. The van der Waals surface area contributed by atoms with E-state index >= 15 is 0 Å². The fourth-order valence-corrected chi connectivity index (χ4v) is 3.07. The van der Waals surface area contributed by atoms with Gasteiger partial charge in [0.1, 0.15) is 0 Å². The zero-order valence-electron chi connectivity index (χ0n) is 14.0. The lowest BCUT2D eigenvalue weighted by Crippen LogP contribution is -2.36. The molecule has 0 aromatic heterocycles. The SMILES string of the molecule is Clc1ccc(C2=CC(c3ccc(Cl)cc3)=NN(c3ccc(Cl)cc3)N2)cc1. The van der Waals surface area contributed by atoms with Crippen molar-refractivity contribution in [3.63, 3.8) is 0 Å². The third-order valence-corrected chi connectivity index (χ3v) is 4.84. The summed E-state index contributed by atoms with van der Waals surface area (Å²) in [6.07, 6.45) is 2.00. The molecule has 6 heteroatoms. The number of benzene rings is 3. The number of hydrazone groups is 1. The van der Waals surface area contributed by atoms with Crippen LogP contribution in [0.4, 0.5) is 5.69 Å². The number of hydrogen-bond donors (Lipinski definition) is 1. The first-order chi connectivity index (χ1) is 13.1. The molecule has 1 N–H and O–H groups in total. The van der Waals surface area contributed by atoms with Crippen molar-refractivity contribution < 1.29 is 0 Å². The Bertz CT molecular complexity index is 1010. The van der Waals surface area contributed by atoms with Crippen molar-refractivity contribution in [1.82, 2.24) is 5.43 Å². The van der Waals surface area contributed by atoms with Gasteiger partial charge in [0.25, 0.3) is 0 Å². The van der Waals surface area contributed by atoms with E-state index in [2.05, 4.69) is 5.43 Å². The highest BCUT2D eigenvalue weighted by molar-refractivity contribution is 6.31. The van der Waals surface area contributed by atoms with Crippen LogP contribution in [-0.2, 0) is 0 Å². The fraction of sp³-hybridized carbons (Fsp3) is 0. The van der Waals surface area contributed by atoms with E-state index in [1.54, 1.807) is 5.12 Å². The Morgan fingerprint density at radius 1 is 0.630 bits per heavy atom. The molecule has 0 atom stereocenters. The summed E-state index contributed by atoms with van der Waals surface area (Å²) in [7, 11) is 0. The molecule has 1 aliphatic heterocycles. The Hall–Kier alpha value is -2.46. The largest absolute Gasteiger partial charge is 0.277 e. The second kappa shape index (κ2) is 7.65. The molecule has 0 saturated carbocycles.